The minimum absolute atomic E-state index is 0.0667. The first-order valence-corrected chi connectivity index (χ1v) is 16.0. The first-order valence-electron chi connectivity index (χ1n) is 9.90. The Hall–Kier alpha value is 0.435. The van der Waals surface area contributed by atoms with E-state index in [2.05, 4.69) is 17.7 Å². The number of halogens is 1. The van der Waals surface area contributed by atoms with Gasteiger partial charge in [0.25, 0.3) is 23.5 Å². The van der Waals surface area contributed by atoms with E-state index >= 15 is 0 Å². The van der Waals surface area contributed by atoms with Crippen LogP contribution in [0.1, 0.15) is 19.8 Å². The summed E-state index contributed by atoms with van der Waals surface area (Å²) >= 11 is 0. The summed E-state index contributed by atoms with van der Waals surface area (Å²) in [6.07, 6.45) is -7.33. The number of aliphatic hydroxyl groups excluding tert-OH is 1. The smallest absolute Gasteiger partial charge is 0.279 e. The Balaban J connectivity index is 1.91. The van der Waals surface area contributed by atoms with Gasteiger partial charge in [-0.25, -0.2) is 8.70 Å². The third-order valence-electron chi connectivity index (χ3n) is 4.57. The molecule has 2 aliphatic heterocycles. The summed E-state index contributed by atoms with van der Waals surface area (Å²) < 4.78 is 90.6. The normalized spacial score (nSPS) is 36.2. The molecule has 2 radical (unpaired) electrons. The summed E-state index contributed by atoms with van der Waals surface area (Å²) in [6, 6.07) is -1.14. The van der Waals surface area contributed by atoms with Crippen LogP contribution in [0.2, 0.25) is 0 Å². The zero-order valence-electron chi connectivity index (χ0n) is 18.0. The lowest BCUT2D eigenvalue weighted by molar-refractivity contribution is -0.246. The number of alkyl halides is 1. The number of phosphoric ester groups is 2. The SMILES string of the molecule is [B][C@H]1C[C@H](OP(=O)([O-])OC[C@H]2O[C@@H](CF)C[C@@H]2O)[C@@H](COP(=O)([O-])OP(=O)([O-])OP(=O)([O-])CC)O1. The van der Waals surface area contributed by atoms with Gasteiger partial charge in [0.15, 0.2) is 0 Å². The molecule has 204 valence electrons. The van der Waals surface area contributed by atoms with Crippen LogP contribution in [0.25, 0.3) is 0 Å². The first kappa shape index (κ1) is 31.7. The van der Waals surface area contributed by atoms with Gasteiger partial charge in [-0.15, -0.1) is 0 Å². The summed E-state index contributed by atoms with van der Waals surface area (Å²) in [4.78, 5) is 46.7. The molecule has 0 aromatic rings. The highest BCUT2D eigenvalue weighted by Crippen LogP contribution is 2.62. The lowest BCUT2D eigenvalue weighted by Crippen LogP contribution is -2.32. The molecule has 0 saturated carbocycles. The molecule has 0 aromatic heterocycles. The summed E-state index contributed by atoms with van der Waals surface area (Å²) in [5.41, 5.74) is 0. The van der Waals surface area contributed by atoms with Gasteiger partial charge in [0.05, 0.1) is 31.5 Å². The molecular weight excluding hydrogens is 566 g/mol. The second-order valence-electron chi connectivity index (χ2n) is 7.37. The molecule has 0 aromatic carbocycles. The molecule has 2 rings (SSSR count). The lowest BCUT2D eigenvalue weighted by Gasteiger charge is -2.35. The van der Waals surface area contributed by atoms with Gasteiger partial charge in [0.1, 0.15) is 34.3 Å². The van der Waals surface area contributed by atoms with Crippen LogP contribution in [0.15, 0.2) is 0 Å². The van der Waals surface area contributed by atoms with E-state index in [0.29, 0.717) is 0 Å². The molecule has 0 aliphatic carbocycles. The second-order valence-corrected chi connectivity index (χ2v) is 13.9. The molecule has 22 heteroatoms. The zero-order valence-corrected chi connectivity index (χ0v) is 21.6. The van der Waals surface area contributed by atoms with Crippen LogP contribution in [0.3, 0.4) is 0 Å². The van der Waals surface area contributed by atoms with E-state index in [4.69, 9.17) is 21.8 Å². The van der Waals surface area contributed by atoms with Crippen LogP contribution < -0.4 is 19.6 Å². The maximum absolute atomic E-state index is 12.6. The third-order valence-corrected chi connectivity index (χ3v) is 10.2. The average molecular weight is 588 g/mol. The van der Waals surface area contributed by atoms with Crippen molar-refractivity contribution in [1.82, 2.24) is 0 Å². The fraction of sp³-hybridized carbons (Fsp3) is 1.00. The van der Waals surface area contributed by atoms with Crippen LogP contribution in [-0.2, 0) is 49.9 Å². The van der Waals surface area contributed by atoms with E-state index in [1.807, 2.05) is 0 Å². The average Bonchev–Trinajstić information content (AvgIpc) is 3.24. The van der Waals surface area contributed by atoms with Gasteiger partial charge in [-0.3, -0.25) is 18.0 Å². The van der Waals surface area contributed by atoms with Gasteiger partial charge in [0, 0.05) is 18.6 Å². The van der Waals surface area contributed by atoms with Crippen molar-refractivity contribution in [3.05, 3.63) is 0 Å². The van der Waals surface area contributed by atoms with Gasteiger partial charge in [-0.2, -0.15) is 0 Å². The van der Waals surface area contributed by atoms with Crippen LogP contribution in [-0.4, -0.2) is 75.5 Å². The van der Waals surface area contributed by atoms with E-state index in [0.717, 1.165) is 6.92 Å². The summed E-state index contributed by atoms with van der Waals surface area (Å²) in [6.45, 7) is -1.62. The fourth-order valence-corrected chi connectivity index (χ4v) is 7.48. The Morgan fingerprint density at radius 3 is 2.11 bits per heavy atom. The largest absolute Gasteiger partial charge is 0.778 e. The summed E-state index contributed by atoms with van der Waals surface area (Å²) in [7, 11) is -16.2. The Morgan fingerprint density at radius 1 is 0.943 bits per heavy atom. The molecule has 35 heavy (non-hydrogen) atoms. The Bertz CT molecular complexity index is 909. The minimum Gasteiger partial charge on any atom is -0.778 e. The Kier molecular flexibility index (Phi) is 11.3. The number of hydrogen-bond donors (Lipinski definition) is 1. The van der Waals surface area contributed by atoms with Crippen LogP contribution in [0, 0.1) is 0 Å². The molecule has 2 aliphatic rings. The van der Waals surface area contributed by atoms with E-state index in [9.17, 15) is 47.3 Å². The maximum Gasteiger partial charge on any atom is 0.279 e. The monoisotopic (exact) mass is 588 g/mol. The molecule has 16 nitrogen and oxygen atoms in total. The van der Waals surface area contributed by atoms with Crippen LogP contribution >= 0.6 is 31.1 Å². The van der Waals surface area contributed by atoms with Gasteiger partial charge >= 0.3 is 0 Å². The Morgan fingerprint density at radius 2 is 1.54 bits per heavy atom. The number of ether oxygens (including phenoxy) is 2. The standard InChI is InChI=1S/C13H26BFO16P4/c1-2-32(17,18)30-35(23,24)31-34(21,22)26-7-12-10(4-13(14)28-12)29-33(19,20)25-6-11-9(16)3-8(5-15)27-11/h8-13,16H,2-7H2,1H3,(H,17,18)(H,19,20)(H,21,22)(H,23,24)/p-4/t8-,9+,10+,11-,12-,13-/m1/s1. The zero-order chi connectivity index (χ0) is 26.7. The van der Waals surface area contributed by atoms with Gasteiger partial charge in [-0.05, 0) is 6.42 Å². The molecule has 2 saturated heterocycles. The topological polar surface area (TPSA) is 245 Å². The predicted molar refractivity (Wildman–Crippen MR) is 104 cm³/mol. The highest BCUT2D eigenvalue weighted by atomic mass is 31.3. The molecule has 4 unspecified atom stereocenters. The van der Waals surface area contributed by atoms with Crippen LogP contribution in [0.5, 0.6) is 0 Å². The van der Waals surface area contributed by atoms with Crippen LogP contribution in [0.4, 0.5) is 4.39 Å². The minimum atomic E-state index is -5.90. The molecule has 0 spiro atoms. The molecular formula is C13H22BFO16P4-4. The quantitative estimate of drug-likeness (QED) is 0.173. The second kappa shape index (κ2) is 12.5. The summed E-state index contributed by atoms with van der Waals surface area (Å²) in [5.74, 6) is 0. The summed E-state index contributed by atoms with van der Waals surface area (Å²) in [5, 5.41) is 9.74. The number of aliphatic hydroxyl groups is 1. The highest BCUT2D eigenvalue weighted by Gasteiger charge is 2.39. The molecule has 2 heterocycles. The van der Waals surface area contributed by atoms with Crippen molar-refractivity contribution in [2.45, 2.75) is 56.3 Å². The highest BCUT2D eigenvalue weighted by molar-refractivity contribution is 7.66. The molecule has 1 N–H and O–H groups in total. The first-order chi connectivity index (χ1) is 16.0. The third kappa shape index (κ3) is 10.6. The molecule has 10 atom stereocenters. The van der Waals surface area contributed by atoms with Crippen molar-refractivity contribution in [1.29, 1.82) is 0 Å². The van der Waals surface area contributed by atoms with E-state index in [-0.39, 0.29) is 12.8 Å². The van der Waals surface area contributed by atoms with Gasteiger partial charge < -0.3 is 52.3 Å². The Labute approximate surface area is 200 Å². The van der Waals surface area contributed by atoms with Crippen molar-refractivity contribution >= 4 is 38.9 Å². The van der Waals surface area contributed by atoms with Gasteiger partial charge in [-0.1, -0.05) is 6.92 Å². The van der Waals surface area contributed by atoms with E-state index < -0.39 is 93.6 Å². The van der Waals surface area contributed by atoms with Crippen molar-refractivity contribution in [3.63, 3.8) is 0 Å². The number of rotatable bonds is 14. The molecule has 0 bridgehead atoms. The number of phosphoric acid groups is 3. The number of hydrogen-bond acceptors (Lipinski definition) is 16. The van der Waals surface area contributed by atoms with Crippen molar-refractivity contribution in [2.24, 2.45) is 0 Å². The molecule has 0 amide bonds. The lowest BCUT2D eigenvalue weighted by atomic mass is 9.96. The van der Waals surface area contributed by atoms with E-state index in [1.54, 1.807) is 0 Å². The predicted octanol–water partition coefficient (Wildman–Crippen LogP) is -1.81. The van der Waals surface area contributed by atoms with Gasteiger partial charge in [0.2, 0.25) is 0 Å². The molecule has 2 fully saturated rings. The fourth-order valence-electron chi connectivity index (χ4n) is 2.97. The van der Waals surface area contributed by atoms with E-state index in [1.165, 1.54) is 0 Å². The maximum atomic E-state index is 12.6. The van der Waals surface area contributed by atoms with Crippen molar-refractivity contribution in [2.75, 3.05) is 26.1 Å². The van der Waals surface area contributed by atoms with Crippen molar-refractivity contribution in [3.8, 4) is 0 Å². The van der Waals surface area contributed by atoms with Crippen molar-refractivity contribution < 1.29 is 79.0 Å².